The summed E-state index contributed by atoms with van der Waals surface area (Å²) < 4.78 is 0. The molecule has 0 amide bonds. The van der Waals surface area contributed by atoms with Gasteiger partial charge in [-0.25, -0.2) is 0 Å². The molecular weight excluding hydrogens is 230 g/mol. The van der Waals surface area contributed by atoms with Gasteiger partial charge in [0.25, 0.3) is 0 Å². The molecule has 19 heavy (non-hydrogen) atoms. The molecule has 98 valence electrons. The molecule has 2 aromatic rings. The first-order valence-electron chi connectivity index (χ1n) is 7.29. The zero-order valence-electron chi connectivity index (χ0n) is 11.5. The summed E-state index contributed by atoms with van der Waals surface area (Å²) in [5.41, 5.74) is 4.55. The van der Waals surface area contributed by atoms with Crippen LogP contribution in [0.4, 0.5) is 0 Å². The summed E-state index contributed by atoms with van der Waals surface area (Å²) in [5.74, 6) is 0. The molecule has 2 N–H and O–H groups in total. The highest BCUT2D eigenvalue weighted by molar-refractivity contribution is 5.31. The summed E-state index contributed by atoms with van der Waals surface area (Å²) in [7, 11) is 0. The van der Waals surface area contributed by atoms with Crippen molar-refractivity contribution in [2.75, 3.05) is 0 Å². The van der Waals surface area contributed by atoms with Gasteiger partial charge in [-0.2, -0.15) is 0 Å². The van der Waals surface area contributed by atoms with E-state index in [0.29, 0.717) is 12.1 Å². The largest absolute Gasteiger partial charge is 0.338 e. The predicted molar refractivity (Wildman–Crippen MR) is 79.0 cm³/mol. The van der Waals surface area contributed by atoms with Crippen LogP contribution in [0.25, 0.3) is 0 Å². The van der Waals surface area contributed by atoms with E-state index in [4.69, 9.17) is 0 Å². The number of benzene rings is 2. The molecule has 2 atom stereocenters. The average molecular weight is 252 g/mol. The normalized spacial score (nSPS) is 21.9. The Morgan fingerprint density at radius 2 is 1.74 bits per heavy atom. The van der Waals surface area contributed by atoms with Crippen molar-refractivity contribution in [3.05, 3.63) is 71.3 Å². The second-order valence-electron chi connectivity index (χ2n) is 5.70. The van der Waals surface area contributed by atoms with E-state index >= 15 is 0 Å². The molecule has 0 spiro atoms. The first-order chi connectivity index (χ1) is 9.33. The van der Waals surface area contributed by atoms with E-state index in [1.54, 1.807) is 11.1 Å². The predicted octanol–water partition coefficient (Wildman–Crippen LogP) is 2.87. The standard InChI is InChI=1S/C18H21N/c1-14-13-16-9-5-6-10-17(16)18(19-14)12-11-15-7-3-2-4-8-15/h2-10,14,18-19H,11-13H2,1H3/p+1/t14-,18+/m1/s1. The van der Waals surface area contributed by atoms with Crippen LogP contribution in [0.1, 0.15) is 36.1 Å². The number of hydrogen-bond donors (Lipinski definition) is 1. The van der Waals surface area contributed by atoms with Gasteiger partial charge in [0.05, 0.1) is 6.04 Å². The Labute approximate surface area is 115 Å². The van der Waals surface area contributed by atoms with Crippen molar-refractivity contribution in [3.8, 4) is 0 Å². The van der Waals surface area contributed by atoms with Crippen LogP contribution in [0.2, 0.25) is 0 Å². The zero-order chi connectivity index (χ0) is 13.1. The van der Waals surface area contributed by atoms with Gasteiger partial charge in [-0.15, -0.1) is 0 Å². The number of quaternary nitrogens is 1. The average Bonchev–Trinajstić information content (AvgIpc) is 2.45. The lowest BCUT2D eigenvalue weighted by atomic mass is 9.88. The summed E-state index contributed by atoms with van der Waals surface area (Å²) in [5, 5.41) is 2.55. The summed E-state index contributed by atoms with van der Waals surface area (Å²) in [6.45, 7) is 2.34. The Hall–Kier alpha value is -1.60. The van der Waals surface area contributed by atoms with Gasteiger partial charge in [0.15, 0.2) is 0 Å². The molecule has 1 nitrogen and oxygen atoms in total. The van der Waals surface area contributed by atoms with Crippen molar-refractivity contribution >= 4 is 0 Å². The van der Waals surface area contributed by atoms with E-state index in [2.05, 4.69) is 66.8 Å². The van der Waals surface area contributed by atoms with Gasteiger partial charge in [-0.3, -0.25) is 0 Å². The minimum Gasteiger partial charge on any atom is -0.338 e. The highest BCUT2D eigenvalue weighted by Crippen LogP contribution is 2.23. The number of rotatable bonds is 3. The highest BCUT2D eigenvalue weighted by Gasteiger charge is 2.26. The van der Waals surface area contributed by atoms with Crippen LogP contribution in [0, 0.1) is 0 Å². The van der Waals surface area contributed by atoms with Gasteiger partial charge in [-0.1, -0.05) is 54.6 Å². The molecule has 1 heteroatoms. The Morgan fingerprint density at radius 3 is 2.58 bits per heavy atom. The van der Waals surface area contributed by atoms with Gasteiger partial charge in [0.2, 0.25) is 0 Å². The van der Waals surface area contributed by atoms with Gasteiger partial charge in [-0.05, 0) is 24.5 Å². The van der Waals surface area contributed by atoms with Crippen molar-refractivity contribution in [3.63, 3.8) is 0 Å². The number of fused-ring (bicyclic) bond motifs is 1. The molecule has 0 saturated heterocycles. The van der Waals surface area contributed by atoms with E-state index in [0.717, 1.165) is 0 Å². The topological polar surface area (TPSA) is 16.6 Å². The molecule has 0 unspecified atom stereocenters. The third kappa shape index (κ3) is 2.87. The van der Waals surface area contributed by atoms with Crippen LogP contribution in [0.5, 0.6) is 0 Å². The fourth-order valence-electron chi connectivity index (χ4n) is 3.22. The summed E-state index contributed by atoms with van der Waals surface area (Å²) in [4.78, 5) is 0. The van der Waals surface area contributed by atoms with E-state index in [1.165, 1.54) is 24.8 Å². The van der Waals surface area contributed by atoms with Crippen molar-refractivity contribution in [2.45, 2.75) is 38.3 Å². The van der Waals surface area contributed by atoms with E-state index in [1.807, 2.05) is 0 Å². The van der Waals surface area contributed by atoms with Crippen LogP contribution in [-0.4, -0.2) is 6.04 Å². The lowest BCUT2D eigenvalue weighted by molar-refractivity contribution is -0.729. The van der Waals surface area contributed by atoms with Crippen LogP contribution in [-0.2, 0) is 12.8 Å². The smallest absolute Gasteiger partial charge is 0.112 e. The maximum absolute atomic E-state index is 2.55. The lowest BCUT2D eigenvalue weighted by Gasteiger charge is -2.28. The Kier molecular flexibility index (Phi) is 3.65. The molecule has 2 aromatic carbocycles. The third-order valence-corrected chi connectivity index (χ3v) is 4.14. The van der Waals surface area contributed by atoms with Gasteiger partial charge < -0.3 is 5.32 Å². The second-order valence-corrected chi connectivity index (χ2v) is 5.70. The maximum Gasteiger partial charge on any atom is 0.112 e. The van der Waals surface area contributed by atoms with Crippen molar-refractivity contribution in [1.29, 1.82) is 0 Å². The van der Waals surface area contributed by atoms with Crippen molar-refractivity contribution < 1.29 is 5.32 Å². The van der Waals surface area contributed by atoms with Crippen LogP contribution < -0.4 is 5.32 Å². The zero-order valence-corrected chi connectivity index (χ0v) is 11.5. The Balaban J connectivity index is 1.74. The van der Waals surface area contributed by atoms with Gasteiger partial charge >= 0.3 is 0 Å². The second kappa shape index (κ2) is 5.58. The highest BCUT2D eigenvalue weighted by atomic mass is 15.0. The van der Waals surface area contributed by atoms with Crippen LogP contribution in [0.3, 0.4) is 0 Å². The maximum atomic E-state index is 2.55. The quantitative estimate of drug-likeness (QED) is 0.865. The molecular formula is C18H22N+. The minimum absolute atomic E-state index is 0.625. The fourth-order valence-corrected chi connectivity index (χ4v) is 3.22. The van der Waals surface area contributed by atoms with E-state index in [9.17, 15) is 0 Å². The fraction of sp³-hybridized carbons (Fsp3) is 0.333. The molecule has 1 aliphatic heterocycles. The SMILES string of the molecule is C[C@@H]1Cc2ccccc2[C@H](CCc2ccccc2)[NH2+]1. The first kappa shape index (κ1) is 12.4. The van der Waals surface area contributed by atoms with Crippen LogP contribution >= 0.6 is 0 Å². The molecule has 0 aliphatic carbocycles. The molecule has 0 saturated carbocycles. The molecule has 0 bridgehead atoms. The molecule has 0 fully saturated rings. The summed E-state index contributed by atoms with van der Waals surface area (Å²) >= 11 is 0. The van der Waals surface area contributed by atoms with Crippen LogP contribution in [0.15, 0.2) is 54.6 Å². The number of nitrogens with two attached hydrogens (primary N) is 1. The van der Waals surface area contributed by atoms with Crippen molar-refractivity contribution in [1.82, 2.24) is 0 Å². The van der Waals surface area contributed by atoms with Gasteiger partial charge in [0.1, 0.15) is 6.04 Å². The molecule has 1 heterocycles. The Bertz CT molecular complexity index is 532. The van der Waals surface area contributed by atoms with E-state index < -0.39 is 0 Å². The molecule has 3 rings (SSSR count). The van der Waals surface area contributed by atoms with Crippen molar-refractivity contribution in [2.24, 2.45) is 0 Å². The number of hydrogen-bond acceptors (Lipinski definition) is 0. The third-order valence-electron chi connectivity index (χ3n) is 4.14. The monoisotopic (exact) mass is 252 g/mol. The van der Waals surface area contributed by atoms with Gasteiger partial charge in [0, 0.05) is 18.4 Å². The molecule has 0 radical (unpaired) electrons. The minimum atomic E-state index is 0.625. The first-order valence-corrected chi connectivity index (χ1v) is 7.29. The summed E-state index contributed by atoms with van der Waals surface area (Å²) in [6.07, 6.45) is 3.60. The van der Waals surface area contributed by atoms with E-state index in [-0.39, 0.29) is 0 Å². The Morgan fingerprint density at radius 1 is 1.00 bits per heavy atom. The summed E-state index contributed by atoms with van der Waals surface area (Å²) in [6, 6.07) is 21.1. The molecule has 0 aromatic heterocycles. The lowest BCUT2D eigenvalue weighted by Crippen LogP contribution is -2.92. The molecule has 1 aliphatic rings. The number of aryl methyl sites for hydroxylation is 1.